The molecular formula is C19H20ClN3O4. The second-order valence-electron chi connectivity index (χ2n) is 5.86. The summed E-state index contributed by atoms with van der Waals surface area (Å²) < 4.78 is 5.09. The molecule has 0 spiro atoms. The minimum Gasteiger partial charge on any atom is -0.495 e. The number of carbonyl (C=O) groups is 3. The Bertz CT molecular complexity index is 870. The molecule has 1 atom stereocenters. The molecule has 0 heterocycles. The van der Waals surface area contributed by atoms with Crippen molar-refractivity contribution < 1.29 is 19.1 Å². The molecule has 142 valence electrons. The Kier molecular flexibility index (Phi) is 6.79. The number of benzene rings is 2. The molecule has 2 aromatic rings. The molecule has 0 radical (unpaired) electrons. The Morgan fingerprint density at radius 1 is 1.19 bits per heavy atom. The van der Waals surface area contributed by atoms with Crippen molar-refractivity contribution in [3.8, 4) is 5.75 Å². The largest absolute Gasteiger partial charge is 0.495 e. The maximum absolute atomic E-state index is 12.5. The van der Waals surface area contributed by atoms with E-state index in [1.807, 2.05) is 0 Å². The molecule has 2 rings (SSSR count). The van der Waals surface area contributed by atoms with Gasteiger partial charge in [-0.15, -0.1) is 0 Å². The molecule has 2 aromatic carbocycles. The van der Waals surface area contributed by atoms with Crippen molar-refractivity contribution in [2.24, 2.45) is 5.73 Å². The van der Waals surface area contributed by atoms with E-state index in [2.05, 4.69) is 10.6 Å². The van der Waals surface area contributed by atoms with Crippen molar-refractivity contribution in [2.75, 3.05) is 12.4 Å². The second-order valence-corrected chi connectivity index (χ2v) is 6.27. The minimum absolute atomic E-state index is 0.177. The number of halogens is 1. The van der Waals surface area contributed by atoms with Gasteiger partial charge >= 0.3 is 0 Å². The van der Waals surface area contributed by atoms with Crippen LogP contribution in [0.15, 0.2) is 42.5 Å². The molecule has 8 heteroatoms. The number of hydrogen-bond donors (Lipinski definition) is 3. The highest BCUT2D eigenvalue weighted by Crippen LogP contribution is 2.25. The summed E-state index contributed by atoms with van der Waals surface area (Å²) in [5, 5.41) is 5.60. The zero-order valence-electron chi connectivity index (χ0n) is 14.9. The number of nitrogens with two attached hydrogens (primary N) is 1. The third-order valence-electron chi connectivity index (χ3n) is 3.75. The van der Waals surface area contributed by atoms with Crippen LogP contribution in [-0.2, 0) is 16.0 Å². The summed E-state index contributed by atoms with van der Waals surface area (Å²) >= 11 is 6.09. The molecule has 0 aromatic heterocycles. The Labute approximate surface area is 161 Å². The lowest BCUT2D eigenvalue weighted by Crippen LogP contribution is -2.45. The first kappa shape index (κ1) is 20.3. The van der Waals surface area contributed by atoms with Crippen molar-refractivity contribution in [1.29, 1.82) is 0 Å². The zero-order chi connectivity index (χ0) is 20.0. The van der Waals surface area contributed by atoms with Gasteiger partial charge in [0.2, 0.25) is 11.8 Å². The van der Waals surface area contributed by atoms with E-state index in [1.165, 1.54) is 20.1 Å². The van der Waals surface area contributed by atoms with Gasteiger partial charge < -0.3 is 21.1 Å². The standard InChI is InChI=1S/C19H20ClN3O4/c1-11(24)22-14-5-3-4-13(10-14)19(26)23-16(18(21)25)9-12-6-7-17(27-2)15(20)8-12/h3-8,10,16H,9H2,1-2H3,(H2,21,25)(H,22,24)(H,23,26)/t16-/m1/s1. The van der Waals surface area contributed by atoms with Crippen molar-refractivity contribution in [3.05, 3.63) is 58.6 Å². The molecular weight excluding hydrogens is 370 g/mol. The van der Waals surface area contributed by atoms with E-state index in [0.29, 0.717) is 22.0 Å². The van der Waals surface area contributed by atoms with Crippen molar-refractivity contribution in [2.45, 2.75) is 19.4 Å². The van der Waals surface area contributed by atoms with Gasteiger partial charge in [0.25, 0.3) is 5.91 Å². The van der Waals surface area contributed by atoms with Crippen LogP contribution in [0.3, 0.4) is 0 Å². The second kappa shape index (κ2) is 9.05. The van der Waals surface area contributed by atoms with Gasteiger partial charge in [-0.2, -0.15) is 0 Å². The number of carbonyl (C=O) groups excluding carboxylic acids is 3. The van der Waals surface area contributed by atoms with Gasteiger partial charge in [0, 0.05) is 24.6 Å². The molecule has 0 bridgehead atoms. The van der Waals surface area contributed by atoms with Crippen LogP contribution in [0.5, 0.6) is 5.75 Å². The topological polar surface area (TPSA) is 111 Å². The third kappa shape index (κ3) is 5.72. The first-order chi connectivity index (χ1) is 12.8. The van der Waals surface area contributed by atoms with E-state index >= 15 is 0 Å². The number of hydrogen-bond acceptors (Lipinski definition) is 4. The minimum atomic E-state index is -0.925. The predicted octanol–water partition coefficient (Wildman–Crippen LogP) is 2.13. The number of ether oxygens (including phenoxy) is 1. The van der Waals surface area contributed by atoms with Gasteiger partial charge in [-0.05, 0) is 35.9 Å². The van der Waals surface area contributed by atoms with Crippen LogP contribution in [0.25, 0.3) is 0 Å². The Hall–Kier alpha value is -3.06. The average molecular weight is 390 g/mol. The van der Waals surface area contributed by atoms with E-state index in [9.17, 15) is 14.4 Å². The highest BCUT2D eigenvalue weighted by Gasteiger charge is 2.20. The van der Waals surface area contributed by atoms with Crippen LogP contribution in [0, 0.1) is 0 Å². The van der Waals surface area contributed by atoms with E-state index in [0.717, 1.165) is 5.56 Å². The normalized spacial score (nSPS) is 11.4. The summed E-state index contributed by atoms with van der Waals surface area (Å²) in [4.78, 5) is 35.4. The highest BCUT2D eigenvalue weighted by atomic mass is 35.5. The molecule has 3 amide bonds. The number of methoxy groups -OCH3 is 1. The fourth-order valence-electron chi connectivity index (χ4n) is 2.48. The lowest BCUT2D eigenvalue weighted by Gasteiger charge is -2.16. The van der Waals surface area contributed by atoms with E-state index in [-0.39, 0.29) is 12.3 Å². The van der Waals surface area contributed by atoms with E-state index < -0.39 is 17.9 Å². The maximum Gasteiger partial charge on any atom is 0.252 e. The zero-order valence-corrected chi connectivity index (χ0v) is 15.7. The van der Waals surface area contributed by atoms with Crippen LogP contribution in [0.1, 0.15) is 22.8 Å². The third-order valence-corrected chi connectivity index (χ3v) is 4.05. The molecule has 0 saturated heterocycles. The number of primary amides is 1. The molecule has 0 unspecified atom stereocenters. The monoisotopic (exact) mass is 389 g/mol. The summed E-state index contributed by atoms with van der Waals surface area (Å²) in [6.45, 7) is 1.37. The summed E-state index contributed by atoms with van der Waals surface area (Å²) in [7, 11) is 1.50. The van der Waals surface area contributed by atoms with E-state index in [1.54, 1.807) is 36.4 Å². The average Bonchev–Trinajstić information content (AvgIpc) is 2.60. The molecule has 0 aliphatic carbocycles. The van der Waals surface area contributed by atoms with Gasteiger partial charge in [-0.3, -0.25) is 14.4 Å². The van der Waals surface area contributed by atoms with Crippen molar-refractivity contribution in [3.63, 3.8) is 0 Å². The summed E-state index contributed by atoms with van der Waals surface area (Å²) in [5.41, 5.74) is 6.92. The summed E-state index contributed by atoms with van der Waals surface area (Å²) in [6, 6.07) is 10.5. The number of anilines is 1. The number of nitrogens with one attached hydrogen (secondary N) is 2. The van der Waals surface area contributed by atoms with Crippen LogP contribution < -0.4 is 21.1 Å². The van der Waals surface area contributed by atoms with Crippen molar-refractivity contribution >= 4 is 35.0 Å². The predicted molar refractivity (Wildman–Crippen MR) is 103 cm³/mol. The van der Waals surface area contributed by atoms with Crippen LogP contribution in [0.4, 0.5) is 5.69 Å². The molecule has 4 N–H and O–H groups in total. The van der Waals surface area contributed by atoms with Gasteiger partial charge in [0.1, 0.15) is 11.8 Å². The van der Waals surface area contributed by atoms with Crippen LogP contribution in [0.2, 0.25) is 5.02 Å². The first-order valence-corrected chi connectivity index (χ1v) is 8.48. The SMILES string of the molecule is COc1ccc(C[C@@H](NC(=O)c2cccc(NC(C)=O)c2)C(N)=O)cc1Cl. The Balaban J connectivity index is 2.14. The first-order valence-electron chi connectivity index (χ1n) is 8.10. The van der Waals surface area contributed by atoms with Crippen molar-refractivity contribution in [1.82, 2.24) is 5.32 Å². The van der Waals surface area contributed by atoms with Crippen LogP contribution in [-0.4, -0.2) is 30.9 Å². The van der Waals surface area contributed by atoms with Gasteiger partial charge in [0.05, 0.1) is 12.1 Å². The van der Waals surface area contributed by atoms with Crippen LogP contribution >= 0.6 is 11.6 Å². The van der Waals surface area contributed by atoms with Gasteiger partial charge in [-0.25, -0.2) is 0 Å². The number of rotatable bonds is 7. The molecule has 0 fully saturated rings. The fraction of sp³-hybridized carbons (Fsp3) is 0.211. The molecule has 0 saturated carbocycles. The molecule has 0 aliphatic heterocycles. The Morgan fingerprint density at radius 2 is 1.93 bits per heavy atom. The van der Waals surface area contributed by atoms with Gasteiger partial charge in [0.15, 0.2) is 0 Å². The summed E-state index contributed by atoms with van der Waals surface area (Å²) in [6.07, 6.45) is 0.177. The highest BCUT2D eigenvalue weighted by molar-refractivity contribution is 6.32. The summed E-state index contributed by atoms with van der Waals surface area (Å²) in [5.74, 6) is -0.896. The lowest BCUT2D eigenvalue weighted by atomic mass is 10.0. The van der Waals surface area contributed by atoms with E-state index in [4.69, 9.17) is 22.1 Å². The number of amides is 3. The molecule has 7 nitrogen and oxygen atoms in total. The van der Waals surface area contributed by atoms with Gasteiger partial charge in [-0.1, -0.05) is 23.7 Å². The quantitative estimate of drug-likeness (QED) is 0.673. The smallest absolute Gasteiger partial charge is 0.252 e. The lowest BCUT2D eigenvalue weighted by molar-refractivity contribution is -0.119. The maximum atomic E-state index is 12.5. The fourth-order valence-corrected chi connectivity index (χ4v) is 2.76. The Morgan fingerprint density at radius 3 is 2.52 bits per heavy atom. The molecule has 27 heavy (non-hydrogen) atoms. The molecule has 0 aliphatic rings.